The van der Waals surface area contributed by atoms with Crippen molar-refractivity contribution in [3.8, 4) is 0 Å². The van der Waals surface area contributed by atoms with Crippen LogP contribution in [0, 0.1) is 0 Å². The van der Waals surface area contributed by atoms with Gasteiger partial charge in [-0.2, -0.15) is 0 Å². The lowest BCUT2D eigenvalue weighted by Crippen LogP contribution is -2.57. The van der Waals surface area contributed by atoms with E-state index in [-0.39, 0.29) is 25.7 Å². The second-order valence-corrected chi connectivity index (χ2v) is 9.23. The minimum absolute atomic E-state index is 0.0266. The molecule has 13 nitrogen and oxygen atoms in total. The number of nitrogens with one attached hydrogen (secondary N) is 3. The molecule has 0 spiro atoms. The number of primary amides is 1. The normalized spacial score (nSPS) is 17.3. The Hall–Kier alpha value is -4.26. The van der Waals surface area contributed by atoms with Gasteiger partial charge in [0, 0.05) is 37.7 Å². The maximum atomic E-state index is 13.3. The molecule has 2 aromatic rings. The summed E-state index contributed by atoms with van der Waals surface area (Å²) in [5.74, 6) is -3.52. The van der Waals surface area contributed by atoms with Gasteiger partial charge in [-0.1, -0.05) is 30.3 Å². The molecular weight excluding hydrogens is 494 g/mol. The molecule has 4 unspecified atom stereocenters. The molecule has 1 saturated heterocycles. The first kappa shape index (κ1) is 28.3. The van der Waals surface area contributed by atoms with Gasteiger partial charge in [-0.25, -0.2) is 9.78 Å². The number of nitrogens with zero attached hydrogens (tertiary/aromatic N) is 2. The Kier molecular flexibility index (Phi) is 9.93. The molecule has 2 heterocycles. The van der Waals surface area contributed by atoms with Gasteiger partial charge in [0.2, 0.25) is 23.6 Å². The summed E-state index contributed by atoms with van der Waals surface area (Å²) >= 11 is 0. The molecule has 0 radical (unpaired) electrons. The molecule has 204 valence electrons. The number of aromatic nitrogens is 2. The molecule has 8 N–H and O–H groups in total. The molecular formula is C25H33N7O6. The van der Waals surface area contributed by atoms with Crippen LogP contribution in [-0.2, 0) is 36.8 Å². The molecule has 1 aromatic carbocycles. The Bertz CT molecular complexity index is 1120. The van der Waals surface area contributed by atoms with E-state index in [1.54, 1.807) is 24.3 Å². The number of carboxylic acid groups (broad SMARTS) is 1. The number of carbonyl (C=O) groups is 5. The zero-order chi connectivity index (χ0) is 27.7. The van der Waals surface area contributed by atoms with E-state index in [9.17, 15) is 29.1 Å². The summed E-state index contributed by atoms with van der Waals surface area (Å²) in [4.78, 5) is 70.3. The molecule has 38 heavy (non-hydrogen) atoms. The fourth-order valence-corrected chi connectivity index (χ4v) is 4.35. The van der Waals surface area contributed by atoms with Crippen LogP contribution in [0.1, 0.15) is 36.9 Å². The minimum atomic E-state index is -1.26. The van der Waals surface area contributed by atoms with Crippen molar-refractivity contribution in [3.05, 3.63) is 54.1 Å². The second-order valence-electron chi connectivity index (χ2n) is 9.23. The maximum Gasteiger partial charge on any atom is 0.326 e. The molecule has 4 atom stereocenters. The lowest BCUT2D eigenvalue weighted by molar-refractivity contribution is -0.143. The molecule has 0 saturated carbocycles. The predicted octanol–water partition coefficient (Wildman–Crippen LogP) is -1.17. The Labute approximate surface area is 219 Å². The average Bonchev–Trinajstić information content (AvgIpc) is 3.59. The molecule has 1 fully saturated rings. The van der Waals surface area contributed by atoms with Gasteiger partial charge >= 0.3 is 5.97 Å². The van der Waals surface area contributed by atoms with Crippen molar-refractivity contribution >= 4 is 29.6 Å². The summed E-state index contributed by atoms with van der Waals surface area (Å²) in [6.07, 6.45) is 3.89. The van der Waals surface area contributed by atoms with E-state index in [1.165, 1.54) is 17.4 Å². The van der Waals surface area contributed by atoms with E-state index in [0.29, 0.717) is 25.1 Å². The number of hydrogen-bond acceptors (Lipinski definition) is 7. The minimum Gasteiger partial charge on any atom is -0.480 e. The Morgan fingerprint density at radius 1 is 1.11 bits per heavy atom. The molecule has 3 rings (SSSR count). The SMILES string of the molecule is NC(=O)CCC(N)C(=O)N1CCCC1C(=O)NC(Cc1ccccc1)C(=O)NC(Cc1cnc[nH]1)C(=O)O. The van der Waals surface area contributed by atoms with E-state index in [0.717, 1.165) is 5.56 Å². The third-order valence-electron chi connectivity index (χ3n) is 6.37. The zero-order valence-electron chi connectivity index (χ0n) is 20.8. The van der Waals surface area contributed by atoms with E-state index >= 15 is 0 Å². The summed E-state index contributed by atoms with van der Waals surface area (Å²) < 4.78 is 0. The number of hydrogen-bond donors (Lipinski definition) is 6. The van der Waals surface area contributed by atoms with Crippen LogP contribution >= 0.6 is 0 Å². The van der Waals surface area contributed by atoms with Crippen LogP contribution in [0.15, 0.2) is 42.9 Å². The topological polar surface area (TPSA) is 214 Å². The van der Waals surface area contributed by atoms with Gasteiger partial charge in [0.1, 0.15) is 18.1 Å². The van der Waals surface area contributed by atoms with Crippen LogP contribution < -0.4 is 22.1 Å². The number of amides is 4. The number of H-pyrrole nitrogens is 1. The van der Waals surface area contributed by atoms with Crippen molar-refractivity contribution in [3.63, 3.8) is 0 Å². The van der Waals surface area contributed by atoms with Gasteiger partial charge in [0.05, 0.1) is 12.4 Å². The smallest absolute Gasteiger partial charge is 0.326 e. The number of aromatic amines is 1. The number of imidazole rings is 1. The highest BCUT2D eigenvalue weighted by Crippen LogP contribution is 2.20. The van der Waals surface area contributed by atoms with E-state index in [2.05, 4.69) is 20.6 Å². The number of rotatable bonds is 13. The first-order valence-electron chi connectivity index (χ1n) is 12.3. The summed E-state index contributed by atoms with van der Waals surface area (Å²) in [5, 5.41) is 14.9. The lowest BCUT2D eigenvalue weighted by Gasteiger charge is -2.28. The van der Waals surface area contributed by atoms with Crippen molar-refractivity contribution in [2.75, 3.05) is 6.54 Å². The van der Waals surface area contributed by atoms with Crippen LogP contribution in [0.5, 0.6) is 0 Å². The highest BCUT2D eigenvalue weighted by atomic mass is 16.4. The van der Waals surface area contributed by atoms with Crippen molar-refractivity contribution in [2.45, 2.75) is 62.7 Å². The number of carbonyl (C=O) groups excluding carboxylic acids is 4. The second kappa shape index (κ2) is 13.3. The zero-order valence-corrected chi connectivity index (χ0v) is 20.8. The number of benzene rings is 1. The third kappa shape index (κ3) is 7.87. The summed E-state index contributed by atoms with van der Waals surface area (Å²) in [6.45, 7) is 0.308. The van der Waals surface area contributed by atoms with Crippen LogP contribution in [0.25, 0.3) is 0 Å². The summed E-state index contributed by atoms with van der Waals surface area (Å²) in [6, 6.07) is 4.76. The number of carboxylic acids is 1. The average molecular weight is 528 g/mol. The quantitative estimate of drug-likeness (QED) is 0.186. The highest BCUT2D eigenvalue weighted by molar-refractivity contribution is 5.94. The fraction of sp³-hybridized carbons (Fsp3) is 0.440. The van der Waals surface area contributed by atoms with E-state index < -0.39 is 53.8 Å². The van der Waals surface area contributed by atoms with Crippen LogP contribution in [0.3, 0.4) is 0 Å². The van der Waals surface area contributed by atoms with Crippen molar-refractivity contribution in [2.24, 2.45) is 11.5 Å². The Morgan fingerprint density at radius 3 is 2.47 bits per heavy atom. The maximum absolute atomic E-state index is 13.3. The Balaban J connectivity index is 1.73. The fourth-order valence-electron chi connectivity index (χ4n) is 4.35. The van der Waals surface area contributed by atoms with Gasteiger partial charge < -0.3 is 37.1 Å². The van der Waals surface area contributed by atoms with Crippen molar-refractivity contribution in [1.82, 2.24) is 25.5 Å². The van der Waals surface area contributed by atoms with Crippen molar-refractivity contribution in [1.29, 1.82) is 0 Å². The van der Waals surface area contributed by atoms with Crippen LogP contribution in [-0.4, -0.2) is 80.3 Å². The number of aliphatic carboxylic acids is 1. The van der Waals surface area contributed by atoms with E-state index in [4.69, 9.17) is 11.5 Å². The first-order valence-corrected chi connectivity index (χ1v) is 12.3. The van der Waals surface area contributed by atoms with Gasteiger partial charge in [-0.05, 0) is 24.8 Å². The highest BCUT2D eigenvalue weighted by Gasteiger charge is 2.38. The molecule has 1 aromatic heterocycles. The van der Waals surface area contributed by atoms with Gasteiger partial charge in [0.25, 0.3) is 0 Å². The monoisotopic (exact) mass is 527 g/mol. The van der Waals surface area contributed by atoms with Crippen LogP contribution in [0.4, 0.5) is 0 Å². The molecule has 1 aliphatic rings. The first-order chi connectivity index (χ1) is 18.2. The van der Waals surface area contributed by atoms with Gasteiger partial charge in [-0.15, -0.1) is 0 Å². The van der Waals surface area contributed by atoms with Crippen molar-refractivity contribution < 1.29 is 29.1 Å². The molecule has 0 bridgehead atoms. The summed E-state index contributed by atoms with van der Waals surface area (Å²) in [7, 11) is 0. The number of likely N-dealkylation sites (tertiary alicyclic amines) is 1. The van der Waals surface area contributed by atoms with Gasteiger partial charge in [-0.3, -0.25) is 19.2 Å². The largest absolute Gasteiger partial charge is 0.480 e. The summed E-state index contributed by atoms with van der Waals surface area (Å²) in [5.41, 5.74) is 12.4. The standard InChI is InChI=1S/C25H33N7O6/c26-17(8-9-21(27)33)24(36)32-10-4-7-20(32)23(35)30-18(11-15-5-2-1-3-6-15)22(34)31-19(25(37)38)12-16-13-28-14-29-16/h1-3,5-6,13-14,17-20H,4,7-12,26H2,(H2,27,33)(H,28,29)(H,30,35)(H,31,34)(H,37,38). The predicted molar refractivity (Wildman–Crippen MR) is 135 cm³/mol. The van der Waals surface area contributed by atoms with E-state index in [1.807, 2.05) is 6.07 Å². The van der Waals surface area contributed by atoms with Crippen LogP contribution in [0.2, 0.25) is 0 Å². The molecule has 4 amide bonds. The lowest BCUT2D eigenvalue weighted by atomic mass is 10.0. The third-order valence-corrected chi connectivity index (χ3v) is 6.37. The Morgan fingerprint density at radius 2 is 1.84 bits per heavy atom. The molecule has 13 heteroatoms. The number of nitrogens with two attached hydrogens (primary N) is 2. The van der Waals surface area contributed by atoms with Gasteiger partial charge in [0.15, 0.2) is 0 Å². The molecule has 0 aliphatic carbocycles. The molecule has 1 aliphatic heterocycles.